The van der Waals surface area contributed by atoms with Crippen molar-refractivity contribution in [3.63, 3.8) is 0 Å². The number of aliphatic carboxylic acids is 1. The standard InChI is InChI=1S/C6H11NO3/c7-5-1-2-10-3-4(5)6(8)9/h4-5H,1-3,7H2,(H,8,9)/t4-,5-/m0/s1. The van der Waals surface area contributed by atoms with Gasteiger partial charge in [0.2, 0.25) is 0 Å². The van der Waals surface area contributed by atoms with Gasteiger partial charge in [0.05, 0.1) is 12.5 Å². The van der Waals surface area contributed by atoms with Crippen molar-refractivity contribution in [3.05, 3.63) is 0 Å². The summed E-state index contributed by atoms with van der Waals surface area (Å²) in [6.07, 6.45) is 0.650. The number of ether oxygens (including phenoxy) is 1. The average molecular weight is 145 g/mol. The van der Waals surface area contributed by atoms with Crippen LogP contribution in [0.15, 0.2) is 0 Å². The Kier molecular flexibility index (Phi) is 2.24. The van der Waals surface area contributed by atoms with E-state index in [0.29, 0.717) is 13.0 Å². The van der Waals surface area contributed by atoms with Crippen molar-refractivity contribution < 1.29 is 14.6 Å². The van der Waals surface area contributed by atoms with Gasteiger partial charge in [-0.25, -0.2) is 0 Å². The van der Waals surface area contributed by atoms with Crippen LogP contribution in [0.1, 0.15) is 6.42 Å². The maximum Gasteiger partial charge on any atom is 0.310 e. The molecular formula is C6H11NO3. The first kappa shape index (κ1) is 7.50. The molecule has 1 aliphatic heterocycles. The Morgan fingerprint density at radius 3 is 2.80 bits per heavy atom. The van der Waals surface area contributed by atoms with E-state index in [4.69, 9.17) is 15.6 Å². The lowest BCUT2D eigenvalue weighted by Crippen LogP contribution is -2.42. The highest BCUT2D eigenvalue weighted by molar-refractivity contribution is 5.71. The Bertz CT molecular complexity index is 137. The molecule has 1 rings (SSSR count). The van der Waals surface area contributed by atoms with Crippen molar-refractivity contribution in [2.75, 3.05) is 13.2 Å². The first-order chi connectivity index (χ1) is 4.72. The van der Waals surface area contributed by atoms with E-state index >= 15 is 0 Å². The molecular weight excluding hydrogens is 134 g/mol. The first-order valence-corrected chi connectivity index (χ1v) is 3.28. The molecule has 1 saturated heterocycles. The molecule has 0 bridgehead atoms. The van der Waals surface area contributed by atoms with Crippen LogP contribution in [0, 0.1) is 5.92 Å². The van der Waals surface area contributed by atoms with E-state index in [2.05, 4.69) is 0 Å². The van der Waals surface area contributed by atoms with Gasteiger partial charge in [-0.1, -0.05) is 0 Å². The minimum Gasteiger partial charge on any atom is -0.481 e. The highest BCUT2D eigenvalue weighted by atomic mass is 16.5. The largest absolute Gasteiger partial charge is 0.481 e. The van der Waals surface area contributed by atoms with Gasteiger partial charge in [-0.15, -0.1) is 0 Å². The van der Waals surface area contributed by atoms with Crippen molar-refractivity contribution >= 4 is 5.97 Å². The van der Waals surface area contributed by atoms with E-state index in [1.807, 2.05) is 0 Å². The number of hydrogen-bond acceptors (Lipinski definition) is 3. The fourth-order valence-corrected chi connectivity index (χ4v) is 1.01. The van der Waals surface area contributed by atoms with Crippen LogP contribution in [0.5, 0.6) is 0 Å². The van der Waals surface area contributed by atoms with E-state index in [1.54, 1.807) is 0 Å². The lowest BCUT2D eigenvalue weighted by Gasteiger charge is -2.24. The summed E-state index contributed by atoms with van der Waals surface area (Å²) in [6.45, 7) is 0.849. The fraction of sp³-hybridized carbons (Fsp3) is 0.833. The van der Waals surface area contributed by atoms with E-state index in [9.17, 15) is 4.79 Å². The highest BCUT2D eigenvalue weighted by Gasteiger charge is 2.28. The summed E-state index contributed by atoms with van der Waals surface area (Å²) in [5, 5.41) is 8.55. The third-order valence-electron chi connectivity index (χ3n) is 1.73. The van der Waals surface area contributed by atoms with Gasteiger partial charge >= 0.3 is 5.97 Å². The molecule has 0 aromatic rings. The number of carbonyl (C=O) groups is 1. The summed E-state index contributed by atoms with van der Waals surface area (Å²) in [5.74, 6) is -1.36. The van der Waals surface area contributed by atoms with Crippen molar-refractivity contribution in [3.8, 4) is 0 Å². The molecule has 0 amide bonds. The number of hydrogen-bond donors (Lipinski definition) is 2. The van der Waals surface area contributed by atoms with Gasteiger partial charge < -0.3 is 15.6 Å². The smallest absolute Gasteiger partial charge is 0.310 e. The highest BCUT2D eigenvalue weighted by Crippen LogP contribution is 2.12. The lowest BCUT2D eigenvalue weighted by atomic mass is 9.97. The molecule has 4 heteroatoms. The van der Waals surface area contributed by atoms with Gasteiger partial charge in [0.1, 0.15) is 0 Å². The van der Waals surface area contributed by atoms with Gasteiger partial charge in [-0.2, -0.15) is 0 Å². The molecule has 2 atom stereocenters. The molecule has 0 aliphatic carbocycles. The topological polar surface area (TPSA) is 72.5 Å². The second-order valence-electron chi connectivity index (χ2n) is 2.47. The predicted molar refractivity (Wildman–Crippen MR) is 34.5 cm³/mol. The van der Waals surface area contributed by atoms with E-state index < -0.39 is 11.9 Å². The SMILES string of the molecule is N[C@H]1CCOC[C@@H]1C(=O)O. The second kappa shape index (κ2) is 2.98. The summed E-state index contributed by atoms with van der Waals surface area (Å²) in [7, 11) is 0. The number of carboxylic acids is 1. The van der Waals surface area contributed by atoms with Gasteiger partial charge in [0.15, 0.2) is 0 Å². The Hall–Kier alpha value is -0.610. The molecule has 4 nitrogen and oxygen atoms in total. The predicted octanol–water partition coefficient (Wildman–Crippen LogP) is -0.565. The van der Waals surface area contributed by atoms with Crippen molar-refractivity contribution in [1.29, 1.82) is 0 Å². The van der Waals surface area contributed by atoms with Gasteiger partial charge in [-0.05, 0) is 6.42 Å². The fourth-order valence-electron chi connectivity index (χ4n) is 1.01. The van der Waals surface area contributed by atoms with E-state index in [-0.39, 0.29) is 12.6 Å². The van der Waals surface area contributed by atoms with Gasteiger partial charge in [0.25, 0.3) is 0 Å². The second-order valence-corrected chi connectivity index (χ2v) is 2.47. The monoisotopic (exact) mass is 145 g/mol. The van der Waals surface area contributed by atoms with Crippen LogP contribution < -0.4 is 5.73 Å². The van der Waals surface area contributed by atoms with Crippen molar-refractivity contribution in [2.45, 2.75) is 12.5 Å². The lowest BCUT2D eigenvalue weighted by molar-refractivity contribution is -0.146. The maximum absolute atomic E-state index is 10.4. The third kappa shape index (κ3) is 1.46. The van der Waals surface area contributed by atoms with Crippen molar-refractivity contribution in [2.24, 2.45) is 11.7 Å². The molecule has 0 aromatic carbocycles. The summed E-state index contributed by atoms with van der Waals surface area (Å²) in [4.78, 5) is 10.4. The molecule has 3 N–H and O–H groups in total. The molecule has 0 radical (unpaired) electrons. The van der Waals surface area contributed by atoms with Gasteiger partial charge in [-0.3, -0.25) is 4.79 Å². The zero-order valence-electron chi connectivity index (χ0n) is 5.62. The minimum absolute atomic E-state index is 0.230. The zero-order chi connectivity index (χ0) is 7.56. The summed E-state index contributed by atoms with van der Waals surface area (Å²) in [6, 6.07) is -0.230. The Morgan fingerprint density at radius 1 is 1.70 bits per heavy atom. The summed E-state index contributed by atoms with van der Waals surface area (Å²) in [5.41, 5.74) is 5.52. The Morgan fingerprint density at radius 2 is 2.40 bits per heavy atom. The molecule has 0 unspecified atom stereocenters. The van der Waals surface area contributed by atoms with E-state index in [0.717, 1.165) is 0 Å². The number of carboxylic acid groups (broad SMARTS) is 1. The summed E-state index contributed by atoms with van der Waals surface area (Å²) >= 11 is 0. The molecule has 1 heterocycles. The minimum atomic E-state index is -0.854. The molecule has 58 valence electrons. The zero-order valence-corrected chi connectivity index (χ0v) is 5.62. The number of nitrogens with two attached hydrogens (primary N) is 1. The average Bonchev–Trinajstić information content (AvgIpc) is 1.88. The molecule has 0 spiro atoms. The van der Waals surface area contributed by atoms with Crippen LogP contribution in [0.25, 0.3) is 0 Å². The van der Waals surface area contributed by atoms with Crippen LogP contribution in [-0.4, -0.2) is 30.3 Å². The molecule has 10 heavy (non-hydrogen) atoms. The van der Waals surface area contributed by atoms with Crippen LogP contribution in [0.4, 0.5) is 0 Å². The van der Waals surface area contributed by atoms with Gasteiger partial charge in [0, 0.05) is 12.6 Å². The molecule has 0 saturated carbocycles. The van der Waals surface area contributed by atoms with Crippen molar-refractivity contribution in [1.82, 2.24) is 0 Å². The molecule has 1 fully saturated rings. The maximum atomic E-state index is 10.4. The molecule has 0 aromatic heterocycles. The van der Waals surface area contributed by atoms with Crippen LogP contribution in [0.2, 0.25) is 0 Å². The van der Waals surface area contributed by atoms with Crippen LogP contribution in [-0.2, 0) is 9.53 Å². The summed E-state index contributed by atoms with van der Waals surface area (Å²) < 4.78 is 4.95. The number of rotatable bonds is 1. The first-order valence-electron chi connectivity index (χ1n) is 3.28. The third-order valence-corrected chi connectivity index (χ3v) is 1.73. The normalized spacial score (nSPS) is 33.7. The Balaban J connectivity index is 2.47. The molecule has 1 aliphatic rings. The quantitative estimate of drug-likeness (QED) is 0.518. The Labute approximate surface area is 59.0 Å². The van der Waals surface area contributed by atoms with Crippen LogP contribution >= 0.6 is 0 Å². The van der Waals surface area contributed by atoms with Crippen LogP contribution in [0.3, 0.4) is 0 Å². The van der Waals surface area contributed by atoms with E-state index in [1.165, 1.54) is 0 Å².